The largest absolute Gasteiger partial charge is 1.00 e. The van der Waals surface area contributed by atoms with E-state index < -0.39 is 10.4 Å². The molecule has 0 rings (SSSR count). The van der Waals surface area contributed by atoms with Crippen molar-refractivity contribution in [3.63, 3.8) is 0 Å². The standard InChI is InChI=1S/2K.H2O4S.12H2O/c;;1-5(2,3)4;;;;;;;;;;;;/h;;(H2,1,2,3,4);12*1H2/q2*+1;;;;;;;;;;;;;/p-2. The molecule has 24 N–H and O–H groups in total. The minimum Gasteiger partial charge on any atom is -0.759 e. The first-order chi connectivity index (χ1) is 2.00. The third-order valence-corrected chi connectivity index (χ3v) is 0. The van der Waals surface area contributed by atoms with Crippen molar-refractivity contribution in [2.45, 2.75) is 0 Å². The number of hydrogen-bond donors (Lipinski definition) is 0. The van der Waals surface area contributed by atoms with Crippen molar-refractivity contribution < 1.29 is 186 Å². The van der Waals surface area contributed by atoms with Gasteiger partial charge in [-0.2, -0.15) is 0 Å². The van der Waals surface area contributed by atoms with E-state index in [4.69, 9.17) is 17.5 Å². The van der Waals surface area contributed by atoms with E-state index in [0.29, 0.717) is 0 Å². The van der Waals surface area contributed by atoms with Crippen LogP contribution in [0.15, 0.2) is 0 Å². The Morgan fingerprint density at radius 1 is 0.421 bits per heavy atom. The van der Waals surface area contributed by atoms with Crippen molar-refractivity contribution in [3.8, 4) is 0 Å². The summed E-state index contributed by atoms with van der Waals surface area (Å²) >= 11 is 0. The molecule has 19 heavy (non-hydrogen) atoms. The maximum atomic E-state index is 8.52. The Labute approximate surface area is 193 Å². The molecule has 0 unspecified atom stereocenters. The van der Waals surface area contributed by atoms with Gasteiger partial charge in [-0.05, 0) is 0 Å². The summed E-state index contributed by atoms with van der Waals surface area (Å²) in [7, 11) is -5.17. The second kappa shape index (κ2) is 106. The summed E-state index contributed by atoms with van der Waals surface area (Å²) in [5, 5.41) is 0. The molecule has 16 nitrogen and oxygen atoms in total. The Bertz CT molecular complexity index is 97.9. The predicted molar refractivity (Wildman–Crippen MR) is 53.8 cm³/mol. The molecule has 0 aliphatic heterocycles. The molecule has 0 saturated carbocycles. The van der Waals surface area contributed by atoms with Crippen molar-refractivity contribution in [3.05, 3.63) is 0 Å². The summed E-state index contributed by atoms with van der Waals surface area (Å²) in [5.74, 6) is 0. The maximum absolute atomic E-state index is 8.52. The molecule has 0 radical (unpaired) electrons. The molecular weight excluding hydrogens is 366 g/mol. The van der Waals surface area contributed by atoms with E-state index in [1.54, 1.807) is 0 Å². The molecule has 0 aromatic carbocycles. The maximum Gasteiger partial charge on any atom is 1.00 e. The van der Waals surface area contributed by atoms with Crippen LogP contribution in [0.25, 0.3) is 0 Å². The fraction of sp³-hybridized carbons (Fsp3) is 0. The molecule has 128 valence electrons. The first-order valence-electron chi connectivity index (χ1n) is 0.667. The molecule has 0 aromatic rings. The second-order valence-electron chi connectivity index (χ2n) is 0.408. The van der Waals surface area contributed by atoms with E-state index in [2.05, 4.69) is 0 Å². The molecule has 0 amide bonds. The van der Waals surface area contributed by atoms with Crippen molar-refractivity contribution in [1.29, 1.82) is 0 Å². The Morgan fingerprint density at radius 2 is 0.421 bits per heavy atom. The average Bonchev–Trinajstić information content (AvgIpc) is 0.722. The van der Waals surface area contributed by atoms with E-state index >= 15 is 0 Å². The average molecular weight is 390 g/mol. The van der Waals surface area contributed by atoms with Crippen LogP contribution in [0.3, 0.4) is 0 Å². The van der Waals surface area contributed by atoms with E-state index in [0.717, 1.165) is 0 Å². The first-order valence-corrected chi connectivity index (χ1v) is 2.00. The summed E-state index contributed by atoms with van der Waals surface area (Å²) in [6.07, 6.45) is 0. The van der Waals surface area contributed by atoms with Crippen LogP contribution in [0.5, 0.6) is 0 Å². The van der Waals surface area contributed by atoms with Crippen LogP contribution < -0.4 is 103 Å². The SMILES string of the molecule is O.O.O.O.O.O.O.O.O.O.O.O.O=S(=O)([O-])[O-].[K+].[K+]. The molecular formula is H24K2O16S. The quantitative estimate of drug-likeness (QED) is 0.220. The van der Waals surface area contributed by atoms with Crippen LogP contribution in [-0.2, 0) is 10.4 Å². The third-order valence-electron chi connectivity index (χ3n) is 0. The molecule has 0 fully saturated rings. The zero-order chi connectivity index (χ0) is 4.50. The Hall–Kier alpha value is 2.66. The van der Waals surface area contributed by atoms with Gasteiger partial charge in [0.15, 0.2) is 0 Å². The van der Waals surface area contributed by atoms with Gasteiger partial charge in [-0.15, -0.1) is 0 Å². The van der Waals surface area contributed by atoms with Gasteiger partial charge in [0, 0.05) is 10.4 Å². The van der Waals surface area contributed by atoms with E-state index in [1.807, 2.05) is 0 Å². The van der Waals surface area contributed by atoms with Crippen LogP contribution in [0, 0.1) is 0 Å². The molecule has 0 heterocycles. The zero-order valence-corrected chi connectivity index (χ0v) is 17.1. The van der Waals surface area contributed by atoms with Gasteiger partial charge < -0.3 is 74.8 Å². The van der Waals surface area contributed by atoms with Gasteiger partial charge in [0.25, 0.3) is 0 Å². The van der Waals surface area contributed by atoms with Crippen LogP contribution in [-0.4, -0.2) is 83.2 Å². The summed E-state index contributed by atoms with van der Waals surface area (Å²) < 4.78 is 34.1. The minimum absolute atomic E-state index is 0. The minimum atomic E-state index is -5.17. The van der Waals surface area contributed by atoms with Crippen molar-refractivity contribution >= 4 is 10.4 Å². The van der Waals surface area contributed by atoms with Crippen molar-refractivity contribution in [2.24, 2.45) is 0 Å². The molecule has 0 saturated heterocycles. The Morgan fingerprint density at radius 3 is 0.421 bits per heavy atom. The van der Waals surface area contributed by atoms with Gasteiger partial charge in [-0.25, -0.2) is 0 Å². The third kappa shape index (κ3) is 1020. The summed E-state index contributed by atoms with van der Waals surface area (Å²) in [4.78, 5) is 0. The second-order valence-corrected chi connectivity index (χ2v) is 1.22. The number of rotatable bonds is 0. The Kier molecular flexibility index (Phi) is 1170. The fourth-order valence-electron chi connectivity index (χ4n) is 0. The molecule has 0 spiro atoms. The van der Waals surface area contributed by atoms with Gasteiger partial charge in [0.1, 0.15) is 0 Å². The summed E-state index contributed by atoms with van der Waals surface area (Å²) in [6, 6.07) is 0. The molecule has 0 aliphatic rings. The summed E-state index contributed by atoms with van der Waals surface area (Å²) in [6.45, 7) is 0. The van der Waals surface area contributed by atoms with Crippen LogP contribution in [0.1, 0.15) is 0 Å². The topological polar surface area (TPSA) is 458 Å². The van der Waals surface area contributed by atoms with E-state index in [1.165, 1.54) is 0 Å². The number of hydrogen-bond acceptors (Lipinski definition) is 4. The van der Waals surface area contributed by atoms with Crippen LogP contribution >= 0.6 is 0 Å². The van der Waals surface area contributed by atoms with Crippen LogP contribution in [0.2, 0.25) is 0 Å². The van der Waals surface area contributed by atoms with E-state index in [-0.39, 0.29) is 168 Å². The summed E-state index contributed by atoms with van der Waals surface area (Å²) in [5.41, 5.74) is 0. The van der Waals surface area contributed by atoms with Gasteiger partial charge in [0.05, 0.1) is 0 Å². The molecule has 0 atom stereocenters. The predicted octanol–water partition coefficient (Wildman–Crippen LogP) is -17.2. The van der Waals surface area contributed by atoms with Crippen molar-refractivity contribution in [2.75, 3.05) is 0 Å². The normalized spacial score (nSPS) is 3.05. The molecule has 0 aliphatic carbocycles. The van der Waals surface area contributed by atoms with E-state index in [9.17, 15) is 0 Å². The monoisotopic (exact) mass is 390 g/mol. The van der Waals surface area contributed by atoms with Crippen LogP contribution in [0.4, 0.5) is 0 Å². The molecule has 0 bridgehead atoms. The first kappa shape index (κ1) is 208. The zero-order valence-electron chi connectivity index (χ0n) is 10.0. The van der Waals surface area contributed by atoms with Gasteiger partial charge in [-0.3, -0.25) is 8.42 Å². The molecule has 0 aromatic heterocycles. The Balaban J connectivity index is -0.000000000879. The fourth-order valence-corrected chi connectivity index (χ4v) is 0. The van der Waals surface area contributed by atoms with Gasteiger partial charge >= 0.3 is 103 Å². The van der Waals surface area contributed by atoms with Crippen molar-refractivity contribution in [1.82, 2.24) is 0 Å². The van der Waals surface area contributed by atoms with Gasteiger partial charge in [-0.1, -0.05) is 0 Å². The smallest absolute Gasteiger partial charge is 0.759 e. The van der Waals surface area contributed by atoms with Gasteiger partial charge in [0.2, 0.25) is 0 Å². The molecule has 19 heteroatoms.